The average molecular weight is 279 g/mol. The van der Waals surface area contributed by atoms with Crippen LogP contribution in [0.1, 0.15) is 30.0 Å². The van der Waals surface area contributed by atoms with Gasteiger partial charge in [-0.05, 0) is 17.9 Å². The summed E-state index contributed by atoms with van der Waals surface area (Å²) in [5, 5.41) is 14.4. The summed E-state index contributed by atoms with van der Waals surface area (Å²) in [6.45, 7) is 3.38. The third-order valence-corrected chi connectivity index (χ3v) is 3.69. The lowest BCUT2D eigenvalue weighted by atomic mass is 10.2. The number of aliphatic carboxylic acids is 1. The Kier molecular flexibility index (Phi) is 4.70. The highest BCUT2D eigenvalue weighted by atomic mass is 32.1. The van der Waals surface area contributed by atoms with Gasteiger partial charge >= 0.3 is 5.97 Å². The number of rotatable bonds is 7. The van der Waals surface area contributed by atoms with E-state index in [1.165, 1.54) is 0 Å². The maximum absolute atomic E-state index is 11.4. The fourth-order valence-corrected chi connectivity index (χ4v) is 2.59. The smallest absolute Gasteiger partial charge is 0.326 e. The molecule has 0 fully saturated rings. The Morgan fingerprint density at radius 2 is 2.47 bits per heavy atom. The molecular formula is C13H17N3O2S. The third kappa shape index (κ3) is 3.42. The zero-order valence-corrected chi connectivity index (χ0v) is 11.6. The number of nitrogens with zero attached hydrogens (tertiary/aromatic N) is 2. The third-order valence-electron chi connectivity index (χ3n) is 2.81. The van der Waals surface area contributed by atoms with Gasteiger partial charge in [-0.1, -0.05) is 13.0 Å². The van der Waals surface area contributed by atoms with E-state index in [9.17, 15) is 9.90 Å². The van der Waals surface area contributed by atoms with Crippen LogP contribution in [0.4, 0.5) is 0 Å². The van der Waals surface area contributed by atoms with Gasteiger partial charge in [0.25, 0.3) is 0 Å². The van der Waals surface area contributed by atoms with E-state index in [0.29, 0.717) is 12.2 Å². The fraction of sp³-hybridized carbons (Fsp3) is 0.385. The van der Waals surface area contributed by atoms with E-state index in [0.717, 1.165) is 17.8 Å². The molecule has 2 aromatic rings. The van der Waals surface area contributed by atoms with E-state index in [1.54, 1.807) is 23.9 Å². The first-order chi connectivity index (χ1) is 9.22. The molecule has 2 heterocycles. The fourth-order valence-electron chi connectivity index (χ4n) is 1.93. The molecule has 2 N–H and O–H groups in total. The topological polar surface area (TPSA) is 67.2 Å². The van der Waals surface area contributed by atoms with Gasteiger partial charge in [0, 0.05) is 18.0 Å². The molecule has 0 aliphatic rings. The van der Waals surface area contributed by atoms with Gasteiger partial charge in [-0.15, -0.1) is 11.3 Å². The van der Waals surface area contributed by atoms with Gasteiger partial charge in [-0.25, -0.2) is 4.98 Å². The minimum Gasteiger partial charge on any atom is -0.480 e. The van der Waals surface area contributed by atoms with Crippen molar-refractivity contribution in [3.05, 3.63) is 40.6 Å². The zero-order valence-electron chi connectivity index (χ0n) is 10.7. The molecule has 0 spiro atoms. The second-order valence-corrected chi connectivity index (χ2v) is 5.28. The average Bonchev–Trinajstić information content (AvgIpc) is 3.02. The number of nitrogens with one attached hydrogen (secondary N) is 1. The van der Waals surface area contributed by atoms with Crippen LogP contribution in [0, 0.1) is 0 Å². The summed E-state index contributed by atoms with van der Waals surface area (Å²) in [5.74, 6) is -0.880. The standard InChI is InChI=1S/C13H17N3O2S/c1-2-5-16-9-14-8-11(16)12(13(17)18)15-7-10-4-3-6-19-10/h3-4,6,8-9,12,15H,2,5,7H2,1H3,(H,17,18). The van der Waals surface area contributed by atoms with Crippen LogP contribution in [0.15, 0.2) is 30.0 Å². The van der Waals surface area contributed by atoms with Gasteiger partial charge in [0.15, 0.2) is 0 Å². The Balaban J connectivity index is 2.10. The largest absolute Gasteiger partial charge is 0.480 e. The van der Waals surface area contributed by atoms with Crippen LogP contribution in [-0.2, 0) is 17.9 Å². The number of hydrogen-bond acceptors (Lipinski definition) is 4. The van der Waals surface area contributed by atoms with Crippen LogP contribution < -0.4 is 5.32 Å². The van der Waals surface area contributed by atoms with Crippen molar-refractivity contribution in [1.29, 1.82) is 0 Å². The van der Waals surface area contributed by atoms with Crippen molar-refractivity contribution < 1.29 is 9.90 Å². The van der Waals surface area contributed by atoms with Crippen LogP contribution in [0.2, 0.25) is 0 Å². The molecule has 0 aromatic carbocycles. The normalized spacial score (nSPS) is 12.5. The molecule has 1 atom stereocenters. The van der Waals surface area contributed by atoms with Crippen molar-refractivity contribution >= 4 is 17.3 Å². The Bertz CT molecular complexity index is 522. The number of aromatic nitrogens is 2. The first kappa shape index (κ1) is 13.8. The summed E-state index contributed by atoms with van der Waals surface area (Å²) in [5.41, 5.74) is 0.700. The number of aryl methyl sites for hydroxylation is 1. The molecule has 2 aromatic heterocycles. The molecule has 0 bridgehead atoms. The molecular weight excluding hydrogens is 262 g/mol. The predicted molar refractivity (Wildman–Crippen MR) is 74.1 cm³/mol. The number of carbonyl (C=O) groups is 1. The summed E-state index contributed by atoms with van der Waals surface area (Å²) in [6, 6.07) is 3.22. The van der Waals surface area contributed by atoms with E-state index in [-0.39, 0.29) is 0 Å². The number of carboxylic acid groups (broad SMARTS) is 1. The maximum Gasteiger partial charge on any atom is 0.326 e. The lowest BCUT2D eigenvalue weighted by molar-refractivity contribution is -0.139. The molecule has 19 heavy (non-hydrogen) atoms. The Morgan fingerprint density at radius 1 is 1.63 bits per heavy atom. The molecule has 102 valence electrons. The Labute approximate surface area is 115 Å². The molecule has 0 amide bonds. The minimum atomic E-state index is -0.880. The predicted octanol–water partition coefficient (Wildman–Crippen LogP) is 2.27. The number of imidazole rings is 1. The van der Waals surface area contributed by atoms with E-state index in [4.69, 9.17) is 0 Å². The SMILES string of the molecule is CCCn1cncc1C(NCc1cccs1)C(=O)O. The maximum atomic E-state index is 11.4. The second-order valence-electron chi connectivity index (χ2n) is 4.24. The summed E-state index contributed by atoms with van der Waals surface area (Å²) in [6.07, 6.45) is 4.25. The zero-order chi connectivity index (χ0) is 13.7. The van der Waals surface area contributed by atoms with Crippen molar-refractivity contribution in [3.63, 3.8) is 0 Å². The molecule has 0 saturated carbocycles. The molecule has 5 nitrogen and oxygen atoms in total. The molecule has 0 saturated heterocycles. The highest BCUT2D eigenvalue weighted by molar-refractivity contribution is 7.09. The van der Waals surface area contributed by atoms with Crippen molar-refractivity contribution in [2.45, 2.75) is 32.5 Å². The van der Waals surface area contributed by atoms with Crippen LogP contribution in [0.5, 0.6) is 0 Å². The van der Waals surface area contributed by atoms with E-state index >= 15 is 0 Å². The van der Waals surface area contributed by atoms with Crippen LogP contribution in [-0.4, -0.2) is 20.6 Å². The summed E-state index contributed by atoms with van der Waals surface area (Å²) >= 11 is 1.61. The molecule has 6 heteroatoms. The quantitative estimate of drug-likeness (QED) is 0.816. The molecule has 1 unspecified atom stereocenters. The van der Waals surface area contributed by atoms with Gasteiger partial charge < -0.3 is 9.67 Å². The molecule has 0 aliphatic heterocycles. The summed E-state index contributed by atoms with van der Waals surface area (Å²) in [7, 11) is 0. The van der Waals surface area contributed by atoms with Gasteiger partial charge in [-0.3, -0.25) is 10.1 Å². The van der Waals surface area contributed by atoms with Crippen LogP contribution >= 0.6 is 11.3 Å². The number of carboxylic acids is 1. The number of hydrogen-bond donors (Lipinski definition) is 2. The Hall–Kier alpha value is -1.66. The van der Waals surface area contributed by atoms with Crippen LogP contribution in [0.3, 0.4) is 0 Å². The first-order valence-electron chi connectivity index (χ1n) is 6.21. The summed E-state index contributed by atoms with van der Waals surface area (Å²) in [4.78, 5) is 16.6. The number of thiophene rings is 1. The van der Waals surface area contributed by atoms with Crippen molar-refractivity contribution in [1.82, 2.24) is 14.9 Å². The van der Waals surface area contributed by atoms with Gasteiger partial charge in [0.05, 0.1) is 18.2 Å². The van der Waals surface area contributed by atoms with Crippen molar-refractivity contribution in [3.8, 4) is 0 Å². The van der Waals surface area contributed by atoms with Crippen LogP contribution in [0.25, 0.3) is 0 Å². The highest BCUT2D eigenvalue weighted by Gasteiger charge is 2.22. The molecule has 2 rings (SSSR count). The first-order valence-corrected chi connectivity index (χ1v) is 7.09. The molecule has 0 aliphatic carbocycles. The van der Waals surface area contributed by atoms with E-state index in [2.05, 4.69) is 17.2 Å². The van der Waals surface area contributed by atoms with Gasteiger partial charge in [0.1, 0.15) is 6.04 Å². The second kappa shape index (κ2) is 6.49. The lowest BCUT2D eigenvalue weighted by Gasteiger charge is -2.16. The van der Waals surface area contributed by atoms with Gasteiger partial charge in [0.2, 0.25) is 0 Å². The summed E-state index contributed by atoms with van der Waals surface area (Å²) < 4.78 is 1.89. The van der Waals surface area contributed by atoms with E-state index < -0.39 is 12.0 Å². The van der Waals surface area contributed by atoms with Gasteiger partial charge in [-0.2, -0.15) is 0 Å². The monoisotopic (exact) mass is 279 g/mol. The molecule has 0 radical (unpaired) electrons. The Morgan fingerprint density at radius 3 is 3.11 bits per heavy atom. The minimum absolute atomic E-state index is 0.548. The van der Waals surface area contributed by atoms with Crippen molar-refractivity contribution in [2.75, 3.05) is 0 Å². The van der Waals surface area contributed by atoms with Crippen molar-refractivity contribution in [2.24, 2.45) is 0 Å². The van der Waals surface area contributed by atoms with E-state index in [1.807, 2.05) is 22.1 Å². The highest BCUT2D eigenvalue weighted by Crippen LogP contribution is 2.16. The lowest BCUT2D eigenvalue weighted by Crippen LogP contribution is -2.29.